The molecule has 1 aliphatic rings. The Bertz CT molecular complexity index is 466. The van der Waals surface area contributed by atoms with Crippen molar-refractivity contribution in [3.05, 3.63) is 12.7 Å². The van der Waals surface area contributed by atoms with Crippen LogP contribution in [0.5, 0.6) is 0 Å². The van der Waals surface area contributed by atoms with Gasteiger partial charge in [-0.05, 0) is 39.0 Å². The number of guanidine groups is 1. The number of aromatic nitrogens is 3. The number of rotatable bonds is 12. The Morgan fingerprint density at radius 3 is 2.85 bits per heavy atom. The van der Waals surface area contributed by atoms with E-state index in [2.05, 4.69) is 32.7 Å². The summed E-state index contributed by atoms with van der Waals surface area (Å²) in [6.07, 6.45) is 9.19. The fourth-order valence-electron chi connectivity index (χ4n) is 2.65. The highest BCUT2D eigenvalue weighted by atomic mass is 127. The van der Waals surface area contributed by atoms with E-state index < -0.39 is 0 Å². The Morgan fingerprint density at radius 1 is 1.27 bits per heavy atom. The van der Waals surface area contributed by atoms with Crippen molar-refractivity contribution in [2.45, 2.75) is 51.7 Å². The number of nitrogens with zero attached hydrogens (tertiary/aromatic N) is 4. The second kappa shape index (κ2) is 15.2. The van der Waals surface area contributed by atoms with Crippen LogP contribution in [0.2, 0.25) is 0 Å². The lowest BCUT2D eigenvalue weighted by atomic mass is 10.2. The van der Waals surface area contributed by atoms with E-state index in [1.165, 1.54) is 0 Å². The molecular weight excluding hydrogens is 447 g/mol. The predicted octanol–water partition coefficient (Wildman–Crippen LogP) is 1.82. The van der Waals surface area contributed by atoms with Gasteiger partial charge in [0.2, 0.25) is 0 Å². The molecule has 0 saturated carbocycles. The van der Waals surface area contributed by atoms with E-state index in [0.717, 1.165) is 77.5 Å². The summed E-state index contributed by atoms with van der Waals surface area (Å²) >= 11 is 0. The molecule has 1 atom stereocenters. The Labute approximate surface area is 173 Å². The van der Waals surface area contributed by atoms with Gasteiger partial charge >= 0.3 is 0 Å². The second-order valence-electron chi connectivity index (χ2n) is 6.16. The largest absolute Gasteiger partial charge is 0.379 e. The molecule has 1 aromatic heterocycles. The minimum absolute atomic E-state index is 0. The second-order valence-corrected chi connectivity index (χ2v) is 6.16. The lowest BCUT2D eigenvalue weighted by Crippen LogP contribution is -2.38. The molecule has 0 aliphatic carbocycles. The number of aryl methyl sites for hydroxylation is 1. The molecule has 1 aromatic rings. The van der Waals surface area contributed by atoms with E-state index in [0.29, 0.717) is 12.7 Å². The van der Waals surface area contributed by atoms with Crippen molar-refractivity contribution in [2.75, 3.05) is 39.5 Å². The van der Waals surface area contributed by atoms with Crippen molar-refractivity contribution < 1.29 is 9.47 Å². The maximum atomic E-state index is 5.66. The molecule has 2 N–H and O–H groups in total. The molecule has 0 spiro atoms. The van der Waals surface area contributed by atoms with E-state index in [1.807, 2.05) is 4.57 Å². The van der Waals surface area contributed by atoms with Crippen LogP contribution in [0.1, 0.15) is 39.0 Å². The third-order valence-corrected chi connectivity index (χ3v) is 3.99. The highest BCUT2D eigenvalue weighted by molar-refractivity contribution is 14.0. The number of hydrogen-bond acceptors (Lipinski definition) is 5. The Kier molecular flexibility index (Phi) is 13.5. The molecule has 2 heterocycles. The molecule has 9 heteroatoms. The van der Waals surface area contributed by atoms with Gasteiger partial charge in [0.1, 0.15) is 12.7 Å². The Morgan fingerprint density at radius 2 is 2.12 bits per heavy atom. The molecule has 26 heavy (non-hydrogen) atoms. The molecule has 150 valence electrons. The molecular formula is C17H33IN6O2. The maximum absolute atomic E-state index is 5.66. The van der Waals surface area contributed by atoms with Crippen LogP contribution >= 0.6 is 24.0 Å². The molecule has 1 aliphatic heterocycles. The van der Waals surface area contributed by atoms with Crippen LogP contribution in [-0.4, -0.2) is 66.3 Å². The lowest BCUT2D eigenvalue weighted by Gasteiger charge is -2.12. The summed E-state index contributed by atoms with van der Waals surface area (Å²) in [5.74, 6) is 0.880. The fraction of sp³-hybridized carbons (Fsp3) is 0.824. The van der Waals surface area contributed by atoms with Gasteiger partial charge in [-0.25, -0.2) is 0 Å². The van der Waals surface area contributed by atoms with Crippen LogP contribution in [0.25, 0.3) is 0 Å². The zero-order valence-electron chi connectivity index (χ0n) is 15.7. The minimum atomic E-state index is 0. The number of hydrogen-bond donors (Lipinski definition) is 2. The summed E-state index contributed by atoms with van der Waals surface area (Å²) < 4.78 is 13.2. The smallest absolute Gasteiger partial charge is 0.191 e. The minimum Gasteiger partial charge on any atom is -0.379 e. The van der Waals surface area contributed by atoms with Crippen molar-refractivity contribution in [1.29, 1.82) is 0 Å². The molecule has 1 saturated heterocycles. The first-order chi connectivity index (χ1) is 12.4. The molecule has 1 unspecified atom stereocenters. The average molecular weight is 480 g/mol. The first-order valence-corrected chi connectivity index (χ1v) is 9.42. The molecule has 0 bridgehead atoms. The van der Waals surface area contributed by atoms with Crippen molar-refractivity contribution in [3.8, 4) is 0 Å². The van der Waals surface area contributed by atoms with E-state index >= 15 is 0 Å². The van der Waals surface area contributed by atoms with Gasteiger partial charge in [0, 0.05) is 39.4 Å². The summed E-state index contributed by atoms with van der Waals surface area (Å²) in [4.78, 5) is 4.59. The van der Waals surface area contributed by atoms with Crippen molar-refractivity contribution in [3.63, 3.8) is 0 Å². The molecule has 2 rings (SSSR count). The Balaban J connectivity index is 0.00000338. The normalized spacial score (nSPS) is 17.1. The molecule has 0 aromatic carbocycles. The van der Waals surface area contributed by atoms with E-state index in [-0.39, 0.29) is 24.0 Å². The van der Waals surface area contributed by atoms with Crippen molar-refractivity contribution >= 4 is 29.9 Å². The van der Waals surface area contributed by atoms with Gasteiger partial charge in [-0.1, -0.05) is 0 Å². The summed E-state index contributed by atoms with van der Waals surface area (Å²) in [5.41, 5.74) is 0. The first kappa shape index (κ1) is 23.1. The van der Waals surface area contributed by atoms with Crippen LogP contribution in [0.3, 0.4) is 0 Å². The SMILES string of the molecule is CCNC(=NCCCOCC1CCCO1)NCCCCn1cnnc1.I. The van der Waals surface area contributed by atoms with Crippen molar-refractivity contribution in [1.82, 2.24) is 25.4 Å². The summed E-state index contributed by atoms with van der Waals surface area (Å²) in [7, 11) is 0. The molecule has 0 amide bonds. The zero-order valence-corrected chi connectivity index (χ0v) is 18.1. The van der Waals surface area contributed by atoms with Gasteiger partial charge in [0.15, 0.2) is 5.96 Å². The quantitative estimate of drug-likeness (QED) is 0.206. The third-order valence-electron chi connectivity index (χ3n) is 3.99. The zero-order chi connectivity index (χ0) is 17.6. The molecule has 8 nitrogen and oxygen atoms in total. The molecule has 0 radical (unpaired) electrons. The fourth-order valence-corrected chi connectivity index (χ4v) is 2.65. The summed E-state index contributed by atoms with van der Waals surface area (Å²) in [6.45, 7) is 7.90. The lowest BCUT2D eigenvalue weighted by molar-refractivity contribution is 0.0171. The summed E-state index contributed by atoms with van der Waals surface area (Å²) in [5, 5.41) is 14.3. The Hall–Kier alpha value is -0.940. The topological polar surface area (TPSA) is 85.6 Å². The highest BCUT2D eigenvalue weighted by Crippen LogP contribution is 2.11. The van der Waals surface area contributed by atoms with Crippen LogP contribution in [0.4, 0.5) is 0 Å². The van der Waals surface area contributed by atoms with Gasteiger partial charge in [-0.2, -0.15) is 0 Å². The maximum Gasteiger partial charge on any atom is 0.191 e. The van der Waals surface area contributed by atoms with E-state index in [4.69, 9.17) is 9.47 Å². The van der Waals surface area contributed by atoms with Gasteiger partial charge in [-0.15, -0.1) is 34.2 Å². The average Bonchev–Trinajstić information content (AvgIpc) is 3.31. The monoisotopic (exact) mass is 480 g/mol. The van der Waals surface area contributed by atoms with E-state index in [1.54, 1.807) is 12.7 Å². The number of unbranched alkanes of at least 4 members (excludes halogenated alkanes) is 1. The van der Waals surface area contributed by atoms with Gasteiger partial charge in [0.05, 0.1) is 12.7 Å². The van der Waals surface area contributed by atoms with Crippen LogP contribution in [-0.2, 0) is 16.0 Å². The number of aliphatic imine (C=N–C) groups is 1. The first-order valence-electron chi connectivity index (χ1n) is 9.42. The van der Waals surface area contributed by atoms with Crippen LogP contribution in [0, 0.1) is 0 Å². The number of nitrogens with one attached hydrogen (secondary N) is 2. The summed E-state index contributed by atoms with van der Waals surface area (Å²) in [6, 6.07) is 0. The van der Waals surface area contributed by atoms with Crippen LogP contribution in [0.15, 0.2) is 17.6 Å². The number of halogens is 1. The van der Waals surface area contributed by atoms with Gasteiger partial charge < -0.3 is 24.7 Å². The standard InChI is InChI=1S/C17H32N6O2.HI/c1-2-18-17(19-8-3-4-10-23-14-21-22-15-23)20-9-6-11-24-13-16-7-5-12-25-16;/h14-16H,2-13H2,1H3,(H2,18,19,20);1H. The number of ether oxygens (including phenoxy) is 2. The highest BCUT2D eigenvalue weighted by Gasteiger charge is 2.14. The molecule has 1 fully saturated rings. The predicted molar refractivity (Wildman–Crippen MR) is 113 cm³/mol. The van der Waals surface area contributed by atoms with Crippen LogP contribution < -0.4 is 10.6 Å². The van der Waals surface area contributed by atoms with Gasteiger partial charge in [-0.3, -0.25) is 4.99 Å². The van der Waals surface area contributed by atoms with E-state index in [9.17, 15) is 0 Å². The van der Waals surface area contributed by atoms with Crippen molar-refractivity contribution in [2.24, 2.45) is 4.99 Å². The van der Waals surface area contributed by atoms with Gasteiger partial charge in [0.25, 0.3) is 0 Å². The third kappa shape index (κ3) is 10.3.